The van der Waals surface area contributed by atoms with Crippen molar-refractivity contribution in [1.29, 1.82) is 0 Å². The van der Waals surface area contributed by atoms with E-state index in [1.54, 1.807) is 19.9 Å². The van der Waals surface area contributed by atoms with E-state index in [1.165, 1.54) is 0 Å². The minimum atomic E-state index is -1.39. The number of aliphatic carboxylic acids is 1. The lowest BCUT2D eigenvalue weighted by Gasteiger charge is -2.28. The number of Topliss-reactive ketones (excluding diaryl/α,β-unsaturated/α-hetero) is 1. The average Bonchev–Trinajstić information content (AvgIpc) is 2.12. The predicted octanol–water partition coefficient (Wildman–Crippen LogP) is 0.290. The van der Waals surface area contributed by atoms with E-state index in [0.717, 1.165) is 0 Å². The molecule has 0 radical (unpaired) electrons. The van der Waals surface area contributed by atoms with Crippen molar-refractivity contribution in [2.45, 2.75) is 20.0 Å². The van der Waals surface area contributed by atoms with Crippen LogP contribution in [-0.4, -0.2) is 60.2 Å². The Bertz CT molecular complexity index is 328. The van der Waals surface area contributed by atoms with Crippen molar-refractivity contribution in [2.24, 2.45) is 5.92 Å². The first-order valence-electron chi connectivity index (χ1n) is 5.48. The lowest BCUT2D eigenvalue weighted by molar-refractivity contribution is -0.873. The number of hydrogen-bond donors (Lipinski definition) is 2. The average molecular weight is 244 g/mol. The van der Waals surface area contributed by atoms with Crippen LogP contribution in [0.1, 0.15) is 13.8 Å². The van der Waals surface area contributed by atoms with Crippen LogP contribution in [0.4, 0.5) is 0 Å². The molecular weight excluding hydrogens is 222 g/mol. The van der Waals surface area contributed by atoms with E-state index in [9.17, 15) is 14.7 Å². The third-order valence-electron chi connectivity index (χ3n) is 2.49. The number of allylic oxidation sites excluding steroid dienone is 2. The van der Waals surface area contributed by atoms with Gasteiger partial charge in [0.2, 0.25) is 0 Å². The molecule has 0 aromatic heterocycles. The molecule has 0 bridgehead atoms. The molecule has 0 fully saturated rings. The number of carbonyl (C=O) groups is 2. The van der Waals surface area contributed by atoms with E-state index >= 15 is 0 Å². The Morgan fingerprint density at radius 3 is 2.06 bits per heavy atom. The lowest BCUT2D eigenvalue weighted by Crippen LogP contribution is -2.48. The van der Waals surface area contributed by atoms with Crippen molar-refractivity contribution in [1.82, 2.24) is 0 Å². The molecule has 0 aliphatic rings. The van der Waals surface area contributed by atoms with Crippen molar-refractivity contribution in [2.75, 3.05) is 27.7 Å². The highest BCUT2D eigenvalue weighted by atomic mass is 16.4. The van der Waals surface area contributed by atoms with Crippen molar-refractivity contribution >= 4 is 11.8 Å². The minimum Gasteiger partial charge on any atom is -0.481 e. The van der Waals surface area contributed by atoms with E-state index in [2.05, 4.69) is 0 Å². The molecule has 0 aromatic rings. The normalized spacial score (nSPS) is 16.5. The summed E-state index contributed by atoms with van der Waals surface area (Å²) in [4.78, 5) is 22.9. The van der Waals surface area contributed by atoms with Crippen LogP contribution in [-0.2, 0) is 9.59 Å². The Morgan fingerprint density at radius 1 is 1.29 bits per heavy atom. The van der Waals surface area contributed by atoms with Gasteiger partial charge in [0, 0.05) is 0 Å². The number of hydrogen-bond acceptors (Lipinski definition) is 3. The first-order chi connectivity index (χ1) is 7.60. The zero-order valence-electron chi connectivity index (χ0n) is 11.1. The molecule has 0 rings (SSSR count). The number of aliphatic hydroxyl groups is 1. The van der Waals surface area contributed by atoms with Gasteiger partial charge in [-0.1, -0.05) is 6.08 Å². The predicted molar refractivity (Wildman–Crippen MR) is 64.5 cm³/mol. The van der Waals surface area contributed by atoms with Gasteiger partial charge >= 0.3 is 5.97 Å². The fourth-order valence-corrected chi connectivity index (χ4v) is 1.51. The van der Waals surface area contributed by atoms with Gasteiger partial charge in [0.15, 0.2) is 11.7 Å². The van der Waals surface area contributed by atoms with E-state index in [0.29, 0.717) is 10.1 Å². The van der Waals surface area contributed by atoms with E-state index in [1.807, 2.05) is 21.1 Å². The van der Waals surface area contributed by atoms with Gasteiger partial charge in [-0.05, 0) is 19.4 Å². The van der Waals surface area contributed by atoms with Gasteiger partial charge < -0.3 is 14.7 Å². The summed E-state index contributed by atoms with van der Waals surface area (Å²) in [6, 6.07) is 0. The second kappa shape index (κ2) is 5.93. The molecule has 0 aliphatic heterocycles. The fraction of sp³-hybridized carbons (Fsp3) is 0.667. The van der Waals surface area contributed by atoms with Crippen LogP contribution in [0.25, 0.3) is 0 Å². The monoisotopic (exact) mass is 244 g/mol. The van der Waals surface area contributed by atoms with Gasteiger partial charge in [-0.3, -0.25) is 9.59 Å². The molecular formula is C12H22NO4+. The van der Waals surface area contributed by atoms with Crippen molar-refractivity contribution in [3.8, 4) is 0 Å². The van der Waals surface area contributed by atoms with Gasteiger partial charge in [0.05, 0.1) is 21.1 Å². The van der Waals surface area contributed by atoms with Crippen LogP contribution in [0.3, 0.4) is 0 Å². The lowest BCUT2D eigenvalue weighted by atomic mass is 9.92. The Hall–Kier alpha value is -1.20. The maximum Gasteiger partial charge on any atom is 0.317 e. The van der Waals surface area contributed by atoms with Crippen molar-refractivity contribution < 1.29 is 24.3 Å². The Balaban J connectivity index is 5.00. The number of carboxylic acids is 1. The van der Waals surface area contributed by atoms with Crippen LogP contribution in [0.5, 0.6) is 0 Å². The Morgan fingerprint density at radius 2 is 1.76 bits per heavy atom. The van der Waals surface area contributed by atoms with Gasteiger partial charge in [0.25, 0.3) is 0 Å². The summed E-state index contributed by atoms with van der Waals surface area (Å²) in [6.45, 7) is 3.43. The summed E-state index contributed by atoms with van der Waals surface area (Å²) in [5, 5.41) is 18.9. The van der Waals surface area contributed by atoms with Crippen LogP contribution >= 0.6 is 0 Å². The molecule has 2 atom stereocenters. The molecule has 0 unspecified atom stereocenters. The van der Waals surface area contributed by atoms with Crippen molar-refractivity contribution in [3.63, 3.8) is 0 Å². The van der Waals surface area contributed by atoms with E-state index in [4.69, 9.17) is 5.11 Å². The van der Waals surface area contributed by atoms with Crippen LogP contribution in [0, 0.1) is 5.92 Å². The first kappa shape index (κ1) is 15.8. The van der Waals surface area contributed by atoms with E-state index in [-0.39, 0.29) is 6.54 Å². The molecule has 0 saturated carbocycles. The quantitative estimate of drug-likeness (QED) is 0.400. The van der Waals surface area contributed by atoms with Crippen LogP contribution in [0.15, 0.2) is 11.6 Å². The highest BCUT2D eigenvalue weighted by molar-refractivity contribution is 6.07. The summed E-state index contributed by atoms with van der Waals surface area (Å²) < 4.78 is 0.396. The summed E-state index contributed by atoms with van der Waals surface area (Å²) >= 11 is 0. The molecule has 5 heteroatoms. The standard InChI is InChI=1S/C12H21NO4/c1-6-8(2)11(15)10(12(16)17)9(14)7-13(3,4)5/h6,9-10,14H,7H2,1-5H3/p+1/b8-6+/t9-,10+/m1/s1. The van der Waals surface area contributed by atoms with Crippen LogP contribution < -0.4 is 0 Å². The molecule has 0 saturated heterocycles. The number of rotatable bonds is 6. The molecule has 0 amide bonds. The highest BCUT2D eigenvalue weighted by Gasteiger charge is 2.36. The van der Waals surface area contributed by atoms with Gasteiger partial charge in [-0.2, -0.15) is 0 Å². The maximum absolute atomic E-state index is 11.8. The molecule has 0 heterocycles. The Labute approximate surface area is 102 Å². The molecule has 0 spiro atoms. The van der Waals surface area contributed by atoms with Crippen LogP contribution in [0.2, 0.25) is 0 Å². The molecule has 0 aliphatic carbocycles. The topological polar surface area (TPSA) is 74.6 Å². The maximum atomic E-state index is 11.8. The number of carbonyl (C=O) groups excluding carboxylic acids is 1. The first-order valence-corrected chi connectivity index (χ1v) is 5.48. The summed E-state index contributed by atoms with van der Waals surface area (Å²) in [7, 11) is 5.49. The highest BCUT2D eigenvalue weighted by Crippen LogP contribution is 2.14. The molecule has 98 valence electrons. The van der Waals surface area contributed by atoms with Crippen molar-refractivity contribution in [3.05, 3.63) is 11.6 Å². The van der Waals surface area contributed by atoms with Gasteiger partial charge in [-0.15, -0.1) is 0 Å². The molecule has 5 nitrogen and oxygen atoms in total. The number of aliphatic hydroxyl groups excluding tert-OH is 1. The largest absolute Gasteiger partial charge is 0.481 e. The van der Waals surface area contributed by atoms with Gasteiger partial charge in [-0.25, -0.2) is 0 Å². The Kier molecular flexibility index (Phi) is 5.51. The molecule has 2 N–H and O–H groups in total. The number of ketones is 1. The zero-order valence-corrected chi connectivity index (χ0v) is 11.1. The number of carboxylic acid groups (broad SMARTS) is 1. The second-order valence-corrected chi connectivity index (χ2v) is 5.19. The zero-order chi connectivity index (χ0) is 13.8. The third kappa shape index (κ3) is 5.10. The SMILES string of the molecule is C/C=C(\C)C(=O)[C@@H](C(=O)O)[C@H](O)C[N+](C)(C)C. The van der Waals surface area contributed by atoms with Gasteiger partial charge in [0.1, 0.15) is 12.6 Å². The molecule has 17 heavy (non-hydrogen) atoms. The number of quaternary nitrogens is 1. The summed E-state index contributed by atoms with van der Waals surface area (Å²) in [5.41, 5.74) is 0.359. The van der Waals surface area contributed by atoms with E-state index < -0.39 is 23.8 Å². The molecule has 0 aromatic carbocycles. The minimum absolute atomic E-state index is 0.208. The summed E-state index contributed by atoms with van der Waals surface area (Å²) in [6.07, 6.45) is 0.367. The third-order valence-corrected chi connectivity index (χ3v) is 2.49. The second-order valence-electron chi connectivity index (χ2n) is 5.19. The number of nitrogens with zero attached hydrogens (tertiary/aromatic N) is 1. The number of likely N-dealkylation sites (N-methyl/N-ethyl adjacent to an activating group) is 1. The summed E-state index contributed by atoms with van der Waals surface area (Å²) in [5.74, 6) is -3.19. The smallest absolute Gasteiger partial charge is 0.317 e. The fourth-order valence-electron chi connectivity index (χ4n) is 1.51.